The Kier molecular flexibility index (Phi) is 3.88. The number of carbonyl (C=O) groups is 1. The molecule has 1 fully saturated rings. The lowest BCUT2D eigenvalue weighted by Gasteiger charge is -2.41. The molecule has 0 aromatic heterocycles. The average molecular weight is 282 g/mol. The SMILES string of the molecule is CC(C)(C)ONC(=O)C1(c2cccc(Cl)c2)CCC1. The van der Waals surface area contributed by atoms with Crippen LogP contribution in [0.3, 0.4) is 0 Å². The summed E-state index contributed by atoms with van der Waals surface area (Å²) in [7, 11) is 0. The van der Waals surface area contributed by atoms with Gasteiger partial charge in [-0.15, -0.1) is 0 Å². The molecule has 104 valence electrons. The summed E-state index contributed by atoms with van der Waals surface area (Å²) in [5.74, 6) is -0.0732. The van der Waals surface area contributed by atoms with E-state index in [-0.39, 0.29) is 5.91 Å². The molecule has 0 heterocycles. The summed E-state index contributed by atoms with van der Waals surface area (Å²) in [5.41, 5.74) is 2.70. The van der Waals surface area contributed by atoms with Crippen molar-refractivity contribution in [1.82, 2.24) is 5.48 Å². The van der Waals surface area contributed by atoms with Gasteiger partial charge in [-0.25, -0.2) is 5.48 Å². The van der Waals surface area contributed by atoms with Crippen LogP contribution >= 0.6 is 11.6 Å². The number of rotatable bonds is 3. The van der Waals surface area contributed by atoms with Crippen molar-refractivity contribution >= 4 is 17.5 Å². The number of benzene rings is 1. The van der Waals surface area contributed by atoms with Crippen LogP contribution in [0.5, 0.6) is 0 Å². The van der Waals surface area contributed by atoms with Crippen LogP contribution in [0, 0.1) is 0 Å². The van der Waals surface area contributed by atoms with Crippen molar-refractivity contribution in [2.45, 2.75) is 51.0 Å². The summed E-state index contributed by atoms with van der Waals surface area (Å²) in [6.45, 7) is 5.71. The van der Waals surface area contributed by atoms with E-state index in [0.717, 1.165) is 24.8 Å². The molecule has 0 bridgehead atoms. The van der Waals surface area contributed by atoms with Gasteiger partial charge in [0.25, 0.3) is 5.91 Å². The minimum Gasteiger partial charge on any atom is -0.272 e. The van der Waals surface area contributed by atoms with Crippen LogP contribution in [-0.2, 0) is 15.0 Å². The predicted octanol–water partition coefficient (Wildman–Crippen LogP) is 3.61. The highest BCUT2D eigenvalue weighted by molar-refractivity contribution is 6.30. The molecule has 0 unspecified atom stereocenters. The lowest BCUT2D eigenvalue weighted by atomic mass is 9.64. The Morgan fingerprint density at radius 3 is 2.53 bits per heavy atom. The number of nitrogens with one attached hydrogen (secondary N) is 1. The Morgan fingerprint density at radius 1 is 1.37 bits per heavy atom. The van der Waals surface area contributed by atoms with Gasteiger partial charge in [-0.2, -0.15) is 0 Å². The van der Waals surface area contributed by atoms with Crippen LogP contribution in [0.4, 0.5) is 0 Å². The second-order valence-corrected chi connectivity index (χ2v) is 6.53. The molecular weight excluding hydrogens is 262 g/mol. The third-order valence-electron chi connectivity index (χ3n) is 3.47. The molecule has 1 aliphatic carbocycles. The van der Waals surface area contributed by atoms with Crippen LogP contribution in [0.25, 0.3) is 0 Å². The van der Waals surface area contributed by atoms with Gasteiger partial charge < -0.3 is 0 Å². The lowest BCUT2D eigenvalue weighted by Crippen LogP contribution is -2.50. The van der Waals surface area contributed by atoms with Gasteiger partial charge in [0.2, 0.25) is 0 Å². The van der Waals surface area contributed by atoms with Crippen LogP contribution in [0.2, 0.25) is 5.02 Å². The highest BCUT2D eigenvalue weighted by Gasteiger charge is 2.46. The van der Waals surface area contributed by atoms with Gasteiger partial charge in [-0.3, -0.25) is 9.63 Å². The van der Waals surface area contributed by atoms with Crippen molar-refractivity contribution in [3.8, 4) is 0 Å². The molecule has 0 radical (unpaired) electrons. The molecule has 4 heteroatoms. The summed E-state index contributed by atoms with van der Waals surface area (Å²) in [4.78, 5) is 17.8. The third-order valence-corrected chi connectivity index (χ3v) is 3.70. The fourth-order valence-corrected chi connectivity index (χ4v) is 2.45. The molecule has 0 spiro atoms. The zero-order chi connectivity index (χ0) is 14.1. The van der Waals surface area contributed by atoms with E-state index in [1.807, 2.05) is 45.0 Å². The minimum atomic E-state index is -0.476. The second-order valence-electron chi connectivity index (χ2n) is 6.09. The molecule has 3 nitrogen and oxygen atoms in total. The Morgan fingerprint density at radius 2 is 2.05 bits per heavy atom. The minimum absolute atomic E-state index is 0.0732. The molecule has 1 aliphatic rings. The van der Waals surface area contributed by atoms with Gasteiger partial charge in [0, 0.05) is 5.02 Å². The molecule has 0 aliphatic heterocycles. The monoisotopic (exact) mass is 281 g/mol. The maximum Gasteiger partial charge on any atom is 0.254 e. The van der Waals surface area contributed by atoms with E-state index >= 15 is 0 Å². The van der Waals surface area contributed by atoms with Crippen LogP contribution in [0.15, 0.2) is 24.3 Å². The predicted molar refractivity (Wildman–Crippen MR) is 76.0 cm³/mol. The zero-order valence-electron chi connectivity index (χ0n) is 11.6. The van der Waals surface area contributed by atoms with Gasteiger partial charge in [-0.1, -0.05) is 30.2 Å². The summed E-state index contributed by atoms with van der Waals surface area (Å²) in [6.07, 6.45) is 2.73. The van der Waals surface area contributed by atoms with E-state index in [4.69, 9.17) is 16.4 Å². The summed E-state index contributed by atoms with van der Waals surface area (Å²) in [6, 6.07) is 7.54. The van der Waals surface area contributed by atoms with E-state index in [1.54, 1.807) is 0 Å². The number of hydrogen-bond acceptors (Lipinski definition) is 2. The average Bonchev–Trinajstić information content (AvgIpc) is 2.24. The van der Waals surface area contributed by atoms with Crippen LogP contribution < -0.4 is 5.48 Å². The van der Waals surface area contributed by atoms with E-state index in [1.165, 1.54) is 0 Å². The Hall–Kier alpha value is -1.06. The number of hydrogen-bond donors (Lipinski definition) is 1. The molecule has 1 aromatic rings. The first-order valence-electron chi connectivity index (χ1n) is 6.58. The van der Waals surface area contributed by atoms with Gasteiger partial charge >= 0.3 is 0 Å². The molecule has 1 aromatic carbocycles. The van der Waals surface area contributed by atoms with Crippen molar-refractivity contribution in [2.75, 3.05) is 0 Å². The van der Waals surface area contributed by atoms with Gasteiger partial charge in [-0.05, 0) is 51.3 Å². The normalized spacial score (nSPS) is 17.7. The molecule has 2 rings (SSSR count). The fourth-order valence-electron chi connectivity index (χ4n) is 2.26. The van der Waals surface area contributed by atoms with Gasteiger partial charge in [0.15, 0.2) is 0 Å². The summed E-state index contributed by atoms with van der Waals surface area (Å²) < 4.78 is 0. The second kappa shape index (κ2) is 5.14. The largest absolute Gasteiger partial charge is 0.272 e. The molecule has 19 heavy (non-hydrogen) atoms. The first kappa shape index (κ1) is 14.4. The molecule has 0 saturated heterocycles. The topological polar surface area (TPSA) is 38.3 Å². The molecular formula is C15H20ClNO2. The number of amides is 1. The van der Waals surface area contributed by atoms with Gasteiger partial charge in [0.05, 0.1) is 11.0 Å². The number of carbonyl (C=O) groups excluding carboxylic acids is 1. The number of hydroxylamine groups is 1. The lowest BCUT2D eigenvalue weighted by molar-refractivity contribution is -0.154. The number of halogens is 1. The maximum atomic E-state index is 12.4. The smallest absolute Gasteiger partial charge is 0.254 e. The molecule has 1 saturated carbocycles. The van der Waals surface area contributed by atoms with Crippen molar-refractivity contribution in [3.05, 3.63) is 34.9 Å². The highest BCUT2D eigenvalue weighted by Crippen LogP contribution is 2.44. The first-order chi connectivity index (χ1) is 8.83. The van der Waals surface area contributed by atoms with E-state index < -0.39 is 11.0 Å². The van der Waals surface area contributed by atoms with Crippen LogP contribution in [0.1, 0.15) is 45.6 Å². The van der Waals surface area contributed by atoms with E-state index in [0.29, 0.717) is 5.02 Å². The summed E-state index contributed by atoms with van der Waals surface area (Å²) >= 11 is 6.02. The third kappa shape index (κ3) is 3.10. The van der Waals surface area contributed by atoms with E-state index in [9.17, 15) is 4.79 Å². The molecule has 1 amide bonds. The van der Waals surface area contributed by atoms with E-state index in [2.05, 4.69) is 5.48 Å². The fraction of sp³-hybridized carbons (Fsp3) is 0.533. The quantitative estimate of drug-likeness (QED) is 0.860. The molecule has 0 atom stereocenters. The van der Waals surface area contributed by atoms with Crippen molar-refractivity contribution < 1.29 is 9.63 Å². The van der Waals surface area contributed by atoms with Crippen molar-refractivity contribution in [3.63, 3.8) is 0 Å². The standard InChI is InChI=1S/C15H20ClNO2/c1-14(2,3)19-17-13(18)15(8-5-9-15)11-6-4-7-12(16)10-11/h4,6-7,10H,5,8-9H2,1-3H3,(H,17,18). The Labute approximate surface area is 119 Å². The van der Waals surface area contributed by atoms with Crippen molar-refractivity contribution in [1.29, 1.82) is 0 Å². The molecule has 1 N–H and O–H groups in total. The first-order valence-corrected chi connectivity index (χ1v) is 6.96. The summed E-state index contributed by atoms with van der Waals surface area (Å²) in [5, 5.41) is 0.660. The Balaban J connectivity index is 2.16. The van der Waals surface area contributed by atoms with Crippen molar-refractivity contribution in [2.24, 2.45) is 0 Å². The Bertz CT molecular complexity index is 475. The maximum absolute atomic E-state index is 12.4. The van der Waals surface area contributed by atoms with Crippen LogP contribution in [-0.4, -0.2) is 11.5 Å². The van der Waals surface area contributed by atoms with Gasteiger partial charge in [0.1, 0.15) is 0 Å². The zero-order valence-corrected chi connectivity index (χ0v) is 12.4. The highest BCUT2D eigenvalue weighted by atomic mass is 35.5.